The highest BCUT2D eigenvalue weighted by Crippen LogP contribution is 2.23. The van der Waals surface area contributed by atoms with Gasteiger partial charge in [0.15, 0.2) is 0 Å². The summed E-state index contributed by atoms with van der Waals surface area (Å²) in [5.74, 6) is 1.07. The van der Waals surface area contributed by atoms with Crippen molar-refractivity contribution in [3.05, 3.63) is 24.5 Å². The van der Waals surface area contributed by atoms with Crippen LogP contribution in [0.2, 0.25) is 0 Å². The zero-order chi connectivity index (χ0) is 10.9. The minimum atomic E-state index is -0.297. The quantitative estimate of drug-likeness (QED) is 0.826. The largest absolute Gasteiger partial charge is 0.472 e. The summed E-state index contributed by atoms with van der Waals surface area (Å²) in [6.45, 7) is 4.37. The smallest absolute Gasteiger partial charge is 0.233 e. The van der Waals surface area contributed by atoms with Crippen molar-refractivity contribution in [3.63, 3.8) is 0 Å². The Hall–Kier alpha value is -1.62. The second kappa shape index (κ2) is 3.51. The van der Waals surface area contributed by atoms with Crippen LogP contribution in [-0.4, -0.2) is 16.7 Å². The molecular formula is C10H13N3O2. The minimum absolute atomic E-state index is 0.297. The molecule has 2 aromatic heterocycles. The van der Waals surface area contributed by atoms with Gasteiger partial charge < -0.3 is 14.7 Å². The molecule has 2 heterocycles. The SMILES string of the molecule is CC(C)(CN)c1nc(-c2ccoc2)no1. The van der Waals surface area contributed by atoms with E-state index in [1.54, 1.807) is 18.6 Å². The summed E-state index contributed by atoms with van der Waals surface area (Å²) in [5, 5.41) is 3.87. The molecule has 0 saturated heterocycles. The molecule has 0 spiro atoms. The fourth-order valence-electron chi connectivity index (χ4n) is 1.09. The average molecular weight is 207 g/mol. The Bertz CT molecular complexity index is 431. The van der Waals surface area contributed by atoms with Gasteiger partial charge in [0.1, 0.15) is 6.26 Å². The third kappa shape index (κ3) is 1.78. The van der Waals surface area contributed by atoms with E-state index in [4.69, 9.17) is 14.7 Å². The van der Waals surface area contributed by atoms with Gasteiger partial charge in [-0.3, -0.25) is 0 Å². The molecule has 0 radical (unpaired) electrons. The molecule has 2 aromatic rings. The number of rotatable bonds is 3. The molecule has 0 aliphatic carbocycles. The van der Waals surface area contributed by atoms with Gasteiger partial charge in [0, 0.05) is 6.54 Å². The van der Waals surface area contributed by atoms with E-state index in [1.165, 1.54) is 0 Å². The van der Waals surface area contributed by atoms with Crippen LogP contribution in [0.15, 0.2) is 27.5 Å². The van der Waals surface area contributed by atoms with Gasteiger partial charge in [-0.1, -0.05) is 5.16 Å². The van der Waals surface area contributed by atoms with Crippen molar-refractivity contribution < 1.29 is 8.94 Å². The predicted molar refractivity (Wildman–Crippen MR) is 54.1 cm³/mol. The Labute approximate surface area is 87.3 Å². The molecule has 5 heteroatoms. The molecule has 15 heavy (non-hydrogen) atoms. The van der Waals surface area contributed by atoms with E-state index in [-0.39, 0.29) is 5.41 Å². The molecule has 0 aromatic carbocycles. The van der Waals surface area contributed by atoms with Crippen LogP contribution in [0.5, 0.6) is 0 Å². The normalized spacial score (nSPS) is 11.9. The van der Waals surface area contributed by atoms with Crippen LogP contribution in [0.25, 0.3) is 11.4 Å². The molecule has 80 valence electrons. The summed E-state index contributed by atoms with van der Waals surface area (Å²) in [6.07, 6.45) is 3.14. The highest BCUT2D eigenvalue weighted by atomic mass is 16.5. The van der Waals surface area contributed by atoms with Crippen LogP contribution < -0.4 is 5.73 Å². The molecule has 0 aliphatic heterocycles. The first-order chi connectivity index (χ1) is 7.13. The predicted octanol–water partition coefficient (Wildman–Crippen LogP) is 1.57. The van der Waals surface area contributed by atoms with Gasteiger partial charge in [-0.2, -0.15) is 4.98 Å². The lowest BCUT2D eigenvalue weighted by Crippen LogP contribution is -2.28. The number of hydrogen-bond donors (Lipinski definition) is 1. The van der Waals surface area contributed by atoms with E-state index < -0.39 is 0 Å². The Morgan fingerprint density at radius 2 is 2.27 bits per heavy atom. The van der Waals surface area contributed by atoms with Crippen LogP contribution in [0.1, 0.15) is 19.7 Å². The molecule has 0 fully saturated rings. The van der Waals surface area contributed by atoms with Gasteiger partial charge in [0.2, 0.25) is 11.7 Å². The minimum Gasteiger partial charge on any atom is -0.472 e. The first-order valence-corrected chi connectivity index (χ1v) is 4.70. The van der Waals surface area contributed by atoms with Gasteiger partial charge in [-0.05, 0) is 19.9 Å². The highest BCUT2D eigenvalue weighted by molar-refractivity contribution is 5.51. The summed E-state index contributed by atoms with van der Waals surface area (Å²) in [5.41, 5.74) is 6.13. The number of nitrogens with two attached hydrogens (primary N) is 1. The van der Waals surface area contributed by atoms with Gasteiger partial charge >= 0.3 is 0 Å². The van der Waals surface area contributed by atoms with E-state index in [2.05, 4.69) is 10.1 Å². The number of aromatic nitrogens is 2. The molecule has 2 rings (SSSR count). The summed E-state index contributed by atoms with van der Waals surface area (Å²) < 4.78 is 10.1. The van der Waals surface area contributed by atoms with Crippen LogP contribution in [0.3, 0.4) is 0 Å². The summed E-state index contributed by atoms with van der Waals surface area (Å²) >= 11 is 0. The van der Waals surface area contributed by atoms with E-state index in [0.717, 1.165) is 5.56 Å². The van der Waals surface area contributed by atoms with Crippen LogP contribution >= 0.6 is 0 Å². The number of hydrogen-bond acceptors (Lipinski definition) is 5. The maximum absolute atomic E-state index is 5.62. The van der Waals surface area contributed by atoms with Crippen molar-refractivity contribution in [1.82, 2.24) is 10.1 Å². The zero-order valence-corrected chi connectivity index (χ0v) is 8.73. The third-order valence-electron chi connectivity index (χ3n) is 2.29. The van der Waals surface area contributed by atoms with Gasteiger partial charge in [-0.25, -0.2) is 0 Å². The highest BCUT2D eigenvalue weighted by Gasteiger charge is 2.26. The molecule has 0 bridgehead atoms. The van der Waals surface area contributed by atoms with Gasteiger partial charge in [0.25, 0.3) is 0 Å². The van der Waals surface area contributed by atoms with Crippen LogP contribution in [0, 0.1) is 0 Å². The Morgan fingerprint density at radius 1 is 1.47 bits per heavy atom. The molecule has 5 nitrogen and oxygen atoms in total. The van der Waals surface area contributed by atoms with Crippen LogP contribution in [0.4, 0.5) is 0 Å². The summed E-state index contributed by atoms with van der Waals surface area (Å²) in [7, 11) is 0. The van der Waals surface area contributed by atoms with E-state index >= 15 is 0 Å². The second-order valence-corrected chi connectivity index (χ2v) is 4.02. The van der Waals surface area contributed by atoms with Crippen molar-refractivity contribution in [3.8, 4) is 11.4 Å². The van der Waals surface area contributed by atoms with Gasteiger partial charge in [0.05, 0.1) is 17.2 Å². The Balaban J connectivity index is 2.33. The molecule has 0 saturated carbocycles. The number of nitrogens with zero attached hydrogens (tertiary/aromatic N) is 2. The molecule has 0 amide bonds. The van der Waals surface area contributed by atoms with Crippen LogP contribution in [-0.2, 0) is 5.41 Å². The van der Waals surface area contributed by atoms with Crippen molar-refractivity contribution in [2.45, 2.75) is 19.3 Å². The third-order valence-corrected chi connectivity index (χ3v) is 2.29. The fourth-order valence-corrected chi connectivity index (χ4v) is 1.09. The average Bonchev–Trinajstić information content (AvgIpc) is 2.88. The first kappa shape index (κ1) is 9.92. The monoisotopic (exact) mass is 207 g/mol. The maximum Gasteiger partial charge on any atom is 0.233 e. The molecule has 0 unspecified atom stereocenters. The first-order valence-electron chi connectivity index (χ1n) is 4.70. The summed E-state index contributed by atoms with van der Waals surface area (Å²) in [4.78, 5) is 4.28. The molecule has 0 aliphatic rings. The molecule has 2 N–H and O–H groups in total. The zero-order valence-electron chi connectivity index (χ0n) is 8.73. The maximum atomic E-state index is 5.62. The van der Waals surface area contributed by atoms with Crippen molar-refractivity contribution >= 4 is 0 Å². The lowest BCUT2D eigenvalue weighted by molar-refractivity contribution is 0.311. The van der Waals surface area contributed by atoms with E-state index in [0.29, 0.717) is 18.3 Å². The molecular weight excluding hydrogens is 194 g/mol. The van der Waals surface area contributed by atoms with Crippen molar-refractivity contribution in [1.29, 1.82) is 0 Å². The van der Waals surface area contributed by atoms with Gasteiger partial charge in [-0.15, -0.1) is 0 Å². The lowest BCUT2D eigenvalue weighted by atomic mass is 9.94. The van der Waals surface area contributed by atoms with Crippen molar-refractivity contribution in [2.75, 3.05) is 6.54 Å². The fraction of sp³-hybridized carbons (Fsp3) is 0.400. The van der Waals surface area contributed by atoms with E-state index in [9.17, 15) is 0 Å². The summed E-state index contributed by atoms with van der Waals surface area (Å²) in [6, 6.07) is 1.78. The Kier molecular flexibility index (Phi) is 2.32. The Morgan fingerprint density at radius 3 is 2.87 bits per heavy atom. The number of furan rings is 1. The molecule has 0 atom stereocenters. The topological polar surface area (TPSA) is 78.1 Å². The van der Waals surface area contributed by atoms with E-state index in [1.807, 2.05) is 13.8 Å². The standard InChI is InChI=1S/C10H13N3O2/c1-10(2,6-11)9-12-8(13-15-9)7-3-4-14-5-7/h3-5H,6,11H2,1-2H3. The lowest BCUT2D eigenvalue weighted by Gasteiger charge is -2.15. The second-order valence-electron chi connectivity index (χ2n) is 4.02. The van der Waals surface area contributed by atoms with Crippen molar-refractivity contribution in [2.24, 2.45) is 5.73 Å².